The van der Waals surface area contributed by atoms with Crippen molar-refractivity contribution in [1.29, 1.82) is 0 Å². The lowest BCUT2D eigenvalue weighted by Gasteiger charge is -2.03. The van der Waals surface area contributed by atoms with Crippen molar-refractivity contribution in [3.8, 4) is 11.5 Å². The van der Waals surface area contributed by atoms with Crippen LogP contribution in [0, 0.1) is 0 Å². The average molecular weight is 388 g/mol. The average Bonchev–Trinajstić information content (AvgIpc) is 2.99. The van der Waals surface area contributed by atoms with E-state index < -0.39 is 0 Å². The van der Waals surface area contributed by atoms with Crippen LogP contribution in [0.15, 0.2) is 46.9 Å². The number of allylic oxidation sites excluding steroid dienone is 1. The summed E-state index contributed by atoms with van der Waals surface area (Å²) in [7, 11) is 0. The van der Waals surface area contributed by atoms with Crippen LogP contribution in [-0.4, -0.2) is 18.5 Å². The van der Waals surface area contributed by atoms with E-state index in [0.29, 0.717) is 22.7 Å². The Bertz CT molecular complexity index is 828. The summed E-state index contributed by atoms with van der Waals surface area (Å²) in [6.45, 7) is 1.64. The largest absolute Gasteiger partial charge is 0.454 e. The molecule has 0 saturated carbocycles. The summed E-state index contributed by atoms with van der Waals surface area (Å²) in [5.41, 5.74) is 2.02. The number of ketones is 1. The highest BCUT2D eigenvalue weighted by atomic mass is 79.9. The van der Waals surface area contributed by atoms with Crippen molar-refractivity contribution < 1.29 is 19.1 Å². The first-order valence-corrected chi connectivity index (χ1v) is 8.01. The van der Waals surface area contributed by atoms with Gasteiger partial charge >= 0.3 is 0 Å². The van der Waals surface area contributed by atoms with E-state index in [-0.39, 0.29) is 18.5 Å². The van der Waals surface area contributed by atoms with Crippen LogP contribution in [0.4, 0.5) is 5.69 Å². The number of carbonyl (C=O) groups excluding carboxylic acids is 2. The van der Waals surface area contributed by atoms with Crippen molar-refractivity contribution in [1.82, 2.24) is 0 Å². The van der Waals surface area contributed by atoms with Crippen molar-refractivity contribution in [2.75, 3.05) is 12.1 Å². The molecule has 1 aliphatic heterocycles. The number of rotatable bonds is 4. The number of halogens is 1. The van der Waals surface area contributed by atoms with Gasteiger partial charge in [0.2, 0.25) is 12.7 Å². The van der Waals surface area contributed by atoms with Crippen LogP contribution in [0.3, 0.4) is 0 Å². The zero-order chi connectivity index (χ0) is 17.1. The van der Waals surface area contributed by atoms with Gasteiger partial charge in [-0.2, -0.15) is 0 Å². The molecule has 0 atom stereocenters. The highest BCUT2D eigenvalue weighted by Gasteiger charge is 2.15. The summed E-state index contributed by atoms with van der Waals surface area (Å²) in [5, 5.41) is 2.66. The molecule has 1 amide bonds. The molecule has 1 N–H and O–H groups in total. The molecule has 1 aliphatic rings. The minimum absolute atomic E-state index is 0.131. The van der Waals surface area contributed by atoms with E-state index in [1.54, 1.807) is 30.3 Å². The first-order chi connectivity index (χ1) is 11.5. The van der Waals surface area contributed by atoms with Crippen LogP contribution in [-0.2, 0) is 4.79 Å². The van der Waals surface area contributed by atoms with Crippen molar-refractivity contribution in [3.63, 3.8) is 0 Å². The van der Waals surface area contributed by atoms with Crippen LogP contribution in [0.1, 0.15) is 22.8 Å². The Labute approximate surface area is 147 Å². The molecule has 2 aromatic carbocycles. The van der Waals surface area contributed by atoms with E-state index in [1.807, 2.05) is 12.1 Å². The molecule has 0 unspecified atom stereocenters. The van der Waals surface area contributed by atoms with Gasteiger partial charge in [0.1, 0.15) is 0 Å². The molecular formula is C18H14BrNO4. The topological polar surface area (TPSA) is 64.6 Å². The van der Waals surface area contributed by atoms with Gasteiger partial charge in [0.25, 0.3) is 0 Å². The van der Waals surface area contributed by atoms with Gasteiger partial charge in [0, 0.05) is 22.6 Å². The van der Waals surface area contributed by atoms with Gasteiger partial charge < -0.3 is 14.8 Å². The molecule has 24 heavy (non-hydrogen) atoms. The molecule has 5 nitrogen and oxygen atoms in total. The number of carbonyl (C=O) groups is 2. The maximum atomic E-state index is 12.3. The van der Waals surface area contributed by atoms with Gasteiger partial charge in [-0.25, -0.2) is 0 Å². The molecule has 3 rings (SSSR count). The third-order valence-electron chi connectivity index (χ3n) is 3.40. The summed E-state index contributed by atoms with van der Waals surface area (Å²) in [4.78, 5) is 23.2. The van der Waals surface area contributed by atoms with Gasteiger partial charge in [-0.05, 0) is 54.1 Å². The summed E-state index contributed by atoms with van der Waals surface area (Å²) < 4.78 is 11.4. The lowest BCUT2D eigenvalue weighted by molar-refractivity contribution is -0.114. The Kier molecular flexibility index (Phi) is 4.66. The second kappa shape index (κ2) is 6.88. The van der Waals surface area contributed by atoms with E-state index in [2.05, 4.69) is 21.2 Å². The standard InChI is InChI=1S/C18H14BrNO4/c1-11(21)20-14-5-2-12(3-6-14)16(22)7-4-13-8-17-18(9-15(13)19)24-10-23-17/h2-9H,10H2,1H3,(H,20,21)/b7-4+. The van der Waals surface area contributed by atoms with Crippen LogP contribution in [0.2, 0.25) is 0 Å². The van der Waals surface area contributed by atoms with Crippen LogP contribution in [0.5, 0.6) is 11.5 Å². The fraction of sp³-hybridized carbons (Fsp3) is 0.111. The second-order valence-corrected chi connectivity index (χ2v) is 6.04. The Morgan fingerprint density at radius 3 is 2.46 bits per heavy atom. The quantitative estimate of drug-likeness (QED) is 0.635. The number of anilines is 1. The lowest BCUT2D eigenvalue weighted by atomic mass is 10.1. The highest BCUT2D eigenvalue weighted by Crippen LogP contribution is 2.37. The fourth-order valence-corrected chi connectivity index (χ4v) is 2.70. The second-order valence-electron chi connectivity index (χ2n) is 5.18. The van der Waals surface area contributed by atoms with E-state index in [1.165, 1.54) is 13.0 Å². The molecule has 1 heterocycles. The van der Waals surface area contributed by atoms with Gasteiger partial charge in [-0.15, -0.1) is 0 Å². The number of hydrogen-bond donors (Lipinski definition) is 1. The van der Waals surface area contributed by atoms with Gasteiger partial charge in [0.05, 0.1) is 0 Å². The number of hydrogen-bond acceptors (Lipinski definition) is 4. The number of benzene rings is 2. The number of fused-ring (bicyclic) bond motifs is 1. The Balaban J connectivity index is 1.75. The van der Waals surface area contributed by atoms with Crippen LogP contribution < -0.4 is 14.8 Å². The van der Waals surface area contributed by atoms with Crippen LogP contribution >= 0.6 is 15.9 Å². The van der Waals surface area contributed by atoms with Crippen molar-refractivity contribution in [3.05, 3.63) is 58.1 Å². The van der Waals surface area contributed by atoms with Crippen molar-refractivity contribution >= 4 is 39.4 Å². The zero-order valence-electron chi connectivity index (χ0n) is 12.8. The molecule has 0 aromatic heterocycles. The Hall–Kier alpha value is -2.60. The number of nitrogens with one attached hydrogen (secondary N) is 1. The minimum atomic E-state index is -0.151. The monoisotopic (exact) mass is 387 g/mol. The summed E-state index contributed by atoms with van der Waals surface area (Å²) in [5.74, 6) is 1.06. The molecule has 0 bridgehead atoms. The maximum Gasteiger partial charge on any atom is 0.231 e. The molecule has 0 fully saturated rings. The fourth-order valence-electron chi connectivity index (χ4n) is 2.24. The summed E-state index contributed by atoms with van der Waals surface area (Å²) in [6.07, 6.45) is 3.21. The van der Waals surface area contributed by atoms with E-state index >= 15 is 0 Å². The maximum absolute atomic E-state index is 12.3. The molecule has 6 heteroatoms. The number of amides is 1. The predicted molar refractivity (Wildman–Crippen MR) is 94.4 cm³/mol. The van der Waals surface area contributed by atoms with E-state index in [9.17, 15) is 9.59 Å². The molecule has 122 valence electrons. The third kappa shape index (κ3) is 3.65. The SMILES string of the molecule is CC(=O)Nc1ccc(C(=O)/C=C/c2cc3c(cc2Br)OCO3)cc1. The van der Waals surface area contributed by atoms with Gasteiger partial charge in [-0.3, -0.25) is 9.59 Å². The minimum Gasteiger partial charge on any atom is -0.454 e. The van der Waals surface area contributed by atoms with Crippen molar-refractivity contribution in [2.45, 2.75) is 6.92 Å². The normalized spacial score (nSPS) is 12.4. The Morgan fingerprint density at radius 2 is 1.79 bits per heavy atom. The Morgan fingerprint density at radius 1 is 1.12 bits per heavy atom. The van der Waals surface area contributed by atoms with Crippen LogP contribution in [0.25, 0.3) is 6.08 Å². The zero-order valence-corrected chi connectivity index (χ0v) is 14.4. The molecule has 0 radical (unpaired) electrons. The smallest absolute Gasteiger partial charge is 0.231 e. The molecule has 0 spiro atoms. The van der Waals surface area contributed by atoms with Gasteiger partial charge in [0.15, 0.2) is 17.3 Å². The van der Waals surface area contributed by atoms with Crippen molar-refractivity contribution in [2.24, 2.45) is 0 Å². The predicted octanol–water partition coefficient (Wildman–Crippen LogP) is 4.03. The third-order valence-corrected chi connectivity index (χ3v) is 4.08. The first kappa shape index (κ1) is 16.3. The number of ether oxygens (including phenoxy) is 2. The molecule has 0 aliphatic carbocycles. The first-order valence-electron chi connectivity index (χ1n) is 7.22. The van der Waals surface area contributed by atoms with E-state index in [4.69, 9.17) is 9.47 Å². The molecular weight excluding hydrogens is 374 g/mol. The molecule has 0 saturated heterocycles. The lowest BCUT2D eigenvalue weighted by Crippen LogP contribution is -2.05. The summed E-state index contributed by atoms with van der Waals surface area (Å²) in [6, 6.07) is 10.4. The highest BCUT2D eigenvalue weighted by molar-refractivity contribution is 9.10. The van der Waals surface area contributed by atoms with E-state index in [0.717, 1.165) is 10.0 Å². The van der Waals surface area contributed by atoms with Gasteiger partial charge in [-0.1, -0.05) is 15.9 Å². The summed E-state index contributed by atoms with van der Waals surface area (Å²) >= 11 is 3.45. The molecule has 2 aromatic rings.